The predicted octanol–water partition coefficient (Wildman–Crippen LogP) is 2.65. The number of nitrogens with one attached hydrogen (secondary N) is 3. The summed E-state index contributed by atoms with van der Waals surface area (Å²) in [5, 5.41) is 5.23. The van der Waals surface area contributed by atoms with Crippen LogP contribution in [0.4, 0.5) is 16.4 Å². The largest absolute Gasteiger partial charge is 0.453 e. The second-order valence-corrected chi connectivity index (χ2v) is 4.31. The Balaban J connectivity index is 2.12. The maximum atomic E-state index is 11.6. The van der Waals surface area contributed by atoms with Gasteiger partial charge in [-0.2, -0.15) is 0 Å². The average molecular weight is 288 g/mol. The highest BCUT2D eigenvalue weighted by Crippen LogP contribution is 2.19. The van der Waals surface area contributed by atoms with Gasteiger partial charge in [-0.05, 0) is 24.6 Å². The lowest BCUT2D eigenvalue weighted by Crippen LogP contribution is -2.11. The minimum atomic E-state index is -0.605. The Kier molecular flexibility index (Phi) is 4.55. The number of hydrogen-bond donors (Lipinski definition) is 3. The first kappa shape index (κ1) is 14.6. The molecule has 0 unspecified atom stereocenters. The summed E-state index contributed by atoms with van der Waals surface area (Å²) in [6, 6.07) is 5.24. The molecule has 0 saturated heterocycles. The molecule has 0 fully saturated rings. The molecule has 0 radical (unpaired) electrons. The van der Waals surface area contributed by atoms with Gasteiger partial charge in [0.25, 0.3) is 0 Å². The van der Waals surface area contributed by atoms with E-state index >= 15 is 0 Å². The zero-order valence-electron chi connectivity index (χ0n) is 11.6. The molecule has 0 aliphatic heterocycles. The van der Waals surface area contributed by atoms with E-state index < -0.39 is 6.09 Å². The van der Waals surface area contributed by atoms with Crippen LogP contribution in [-0.2, 0) is 9.53 Å². The van der Waals surface area contributed by atoms with Crippen LogP contribution in [0.25, 0.3) is 11.0 Å². The van der Waals surface area contributed by atoms with Gasteiger partial charge in [-0.1, -0.05) is 6.08 Å². The van der Waals surface area contributed by atoms with Crippen LogP contribution >= 0.6 is 0 Å². The second-order valence-electron chi connectivity index (χ2n) is 4.31. The van der Waals surface area contributed by atoms with Gasteiger partial charge >= 0.3 is 6.09 Å². The van der Waals surface area contributed by atoms with Crippen LogP contribution < -0.4 is 10.6 Å². The molecule has 1 aromatic carbocycles. The molecule has 3 N–H and O–H groups in total. The van der Waals surface area contributed by atoms with Crippen molar-refractivity contribution in [1.29, 1.82) is 0 Å². The number of carbonyl (C=O) groups is 2. The summed E-state index contributed by atoms with van der Waals surface area (Å²) in [5.41, 5.74) is 2.03. The van der Waals surface area contributed by atoms with Crippen molar-refractivity contribution in [3.8, 4) is 0 Å². The van der Waals surface area contributed by atoms with Crippen LogP contribution in [0.15, 0.2) is 30.9 Å². The van der Waals surface area contributed by atoms with Crippen molar-refractivity contribution in [3.05, 3.63) is 30.9 Å². The number of aromatic amines is 1. The molecule has 1 aromatic heterocycles. The molecule has 0 spiro atoms. The summed E-state index contributed by atoms with van der Waals surface area (Å²) in [6.07, 6.45) is 2.11. The number of rotatable bonds is 5. The van der Waals surface area contributed by atoms with Crippen LogP contribution in [0.3, 0.4) is 0 Å². The molecule has 7 nitrogen and oxygen atoms in total. The lowest BCUT2D eigenvalue weighted by molar-refractivity contribution is -0.116. The number of imidazole rings is 1. The van der Waals surface area contributed by atoms with E-state index in [2.05, 4.69) is 31.9 Å². The molecule has 21 heavy (non-hydrogen) atoms. The van der Waals surface area contributed by atoms with Gasteiger partial charge in [-0.15, -0.1) is 6.58 Å². The Morgan fingerprint density at radius 2 is 2.24 bits per heavy atom. The molecule has 110 valence electrons. The number of benzene rings is 1. The highest BCUT2D eigenvalue weighted by atomic mass is 16.5. The number of fused-ring (bicyclic) bond motifs is 1. The van der Waals surface area contributed by atoms with E-state index in [9.17, 15) is 9.59 Å². The lowest BCUT2D eigenvalue weighted by atomic mass is 10.2. The number of carbonyl (C=O) groups excluding carboxylic acids is 2. The molecule has 0 aliphatic carbocycles. The van der Waals surface area contributed by atoms with E-state index in [-0.39, 0.29) is 11.9 Å². The van der Waals surface area contributed by atoms with E-state index in [1.165, 1.54) is 7.11 Å². The molecule has 0 aliphatic rings. The zero-order chi connectivity index (χ0) is 15.2. The van der Waals surface area contributed by atoms with Crippen LogP contribution in [0.5, 0.6) is 0 Å². The fourth-order valence-corrected chi connectivity index (χ4v) is 1.75. The number of nitrogens with zero attached hydrogens (tertiary/aromatic N) is 1. The molecular weight excluding hydrogens is 272 g/mol. The van der Waals surface area contributed by atoms with Crippen LogP contribution in [-0.4, -0.2) is 29.1 Å². The van der Waals surface area contributed by atoms with E-state index in [1.807, 2.05) is 0 Å². The number of anilines is 2. The monoisotopic (exact) mass is 288 g/mol. The number of methoxy groups -OCH3 is 1. The van der Waals surface area contributed by atoms with E-state index in [0.29, 0.717) is 29.6 Å². The van der Waals surface area contributed by atoms with Crippen LogP contribution in [0, 0.1) is 0 Å². The first-order chi connectivity index (χ1) is 10.1. The van der Waals surface area contributed by atoms with Crippen molar-refractivity contribution in [2.24, 2.45) is 0 Å². The Hall–Kier alpha value is -2.83. The van der Waals surface area contributed by atoms with Crippen molar-refractivity contribution >= 4 is 34.7 Å². The molecule has 2 aromatic rings. The first-order valence-corrected chi connectivity index (χ1v) is 6.38. The third-order valence-corrected chi connectivity index (χ3v) is 2.75. The van der Waals surface area contributed by atoms with E-state index in [0.717, 1.165) is 0 Å². The van der Waals surface area contributed by atoms with Gasteiger partial charge in [0.05, 0.1) is 18.1 Å². The number of aromatic nitrogens is 2. The predicted molar refractivity (Wildman–Crippen MR) is 80.2 cm³/mol. The smallest absolute Gasteiger partial charge is 0.413 e. The summed E-state index contributed by atoms with van der Waals surface area (Å²) in [5.74, 6) is 0.202. The van der Waals surface area contributed by atoms with Gasteiger partial charge in [0.1, 0.15) is 0 Å². The highest BCUT2D eigenvalue weighted by molar-refractivity contribution is 5.93. The van der Waals surface area contributed by atoms with Crippen molar-refractivity contribution in [3.63, 3.8) is 0 Å². The fourth-order valence-electron chi connectivity index (χ4n) is 1.75. The van der Waals surface area contributed by atoms with Gasteiger partial charge in [-0.25, -0.2) is 9.78 Å². The quantitative estimate of drug-likeness (QED) is 0.737. The van der Waals surface area contributed by atoms with Crippen molar-refractivity contribution < 1.29 is 14.3 Å². The highest BCUT2D eigenvalue weighted by Gasteiger charge is 2.08. The number of allylic oxidation sites excluding steroid dienone is 1. The Labute approximate surface area is 121 Å². The average Bonchev–Trinajstić information content (AvgIpc) is 2.86. The number of amides is 2. The van der Waals surface area contributed by atoms with Gasteiger partial charge in [0, 0.05) is 12.1 Å². The second kappa shape index (κ2) is 6.56. The third-order valence-electron chi connectivity index (χ3n) is 2.75. The summed E-state index contributed by atoms with van der Waals surface area (Å²) in [6.45, 7) is 3.58. The van der Waals surface area contributed by atoms with Crippen molar-refractivity contribution in [2.75, 3.05) is 17.7 Å². The molecule has 1 heterocycles. The molecular formula is C14H16N4O3. The zero-order valence-corrected chi connectivity index (χ0v) is 11.6. The molecule has 0 bridgehead atoms. The molecule has 0 atom stereocenters. The van der Waals surface area contributed by atoms with Gasteiger partial charge in [-0.3, -0.25) is 10.1 Å². The maximum absolute atomic E-state index is 11.6. The molecule has 7 heteroatoms. The van der Waals surface area contributed by atoms with Crippen LogP contribution in [0.2, 0.25) is 0 Å². The fraction of sp³-hybridized carbons (Fsp3) is 0.214. The number of hydrogen-bond acceptors (Lipinski definition) is 4. The summed E-state index contributed by atoms with van der Waals surface area (Å²) in [7, 11) is 1.27. The molecule has 2 rings (SSSR count). The van der Waals surface area contributed by atoms with Crippen molar-refractivity contribution in [2.45, 2.75) is 12.8 Å². The minimum absolute atomic E-state index is 0.0818. The summed E-state index contributed by atoms with van der Waals surface area (Å²) < 4.78 is 4.49. The SMILES string of the molecule is C=CCCC(=O)Nc1ccc2nc(NC(=O)OC)[nH]c2c1. The molecule has 0 saturated carbocycles. The Bertz CT molecular complexity index is 678. The van der Waals surface area contributed by atoms with Gasteiger partial charge < -0.3 is 15.0 Å². The lowest BCUT2D eigenvalue weighted by Gasteiger charge is -2.03. The van der Waals surface area contributed by atoms with Gasteiger partial charge in [0.15, 0.2) is 0 Å². The first-order valence-electron chi connectivity index (χ1n) is 6.38. The van der Waals surface area contributed by atoms with Gasteiger partial charge in [0.2, 0.25) is 11.9 Å². The third kappa shape index (κ3) is 3.82. The number of ether oxygens (including phenoxy) is 1. The summed E-state index contributed by atoms with van der Waals surface area (Å²) >= 11 is 0. The molecule has 2 amide bonds. The van der Waals surface area contributed by atoms with Crippen molar-refractivity contribution in [1.82, 2.24) is 9.97 Å². The Morgan fingerprint density at radius 1 is 1.43 bits per heavy atom. The number of H-pyrrole nitrogens is 1. The van der Waals surface area contributed by atoms with E-state index in [1.54, 1.807) is 24.3 Å². The normalized spacial score (nSPS) is 10.1. The minimum Gasteiger partial charge on any atom is -0.453 e. The Morgan fingerprint density at radius 3 is 2.95 bits per heavy atom. The maximum Gasteiger partial charge on any atom is 0.413 e. The standard InChI is InChI=1S/C14H16N4O3/c1-3-4-5-12(19)15-9-6-7-10-11(8-9)17-13(16-10)18-14(20)21-2/h3,6-8H,1,4-5H2,2H3,(H,15,19)(H2,16,17,18,20). The summed E-state index contributed by atoms with van der Waals surface area (Å²) in [4.78, 5) is 29.9. The van der Waals surface area contributed by atoms with E-state index in [4.69, 9.17) is 0 Å². The van der Waals surface area contributed by atoms with Crippen LogP contribution in [0.1, 0.15) is 12.8 Å². The topological polar surface area (TPSA) is 96.1 Å².